The van der Waals surface area contributed by atoms with E-state index < -0.39 is 8.07 Å². The van der Waals surface area contributed by atoms with Gasteiger partial charge in [-0.3, -0.25) is 0 Å². The summed E-state index contributed by atoms with van der Waals surface area (Å²) in [6.45, 7) is 15.3. The first-order valence-corrected chi connectivity index (χ1v) is 10.9. The molecular formula is C19H32Si. The summed E-state index contributed by atoms with van der Waals surface area (Å²) in [6.07, 6.45) is 13.5. The molecule has 0 aromatic rings. The highest BCUT2D eigenvalue weighted by atomic mass is 28.3. The van der Waals surface area contributed by atoms with E-state index in [1.165, 1.54) is 11.1 Å². The van der Waals surface area contributed by atoms with Crippen LogP contribution in [0.3, 0.4) is 0 Å². The molecular weight excluding hydrogens is 256 g/mol. The predicted octanol–water partition coefficient (Wildman–Crippen LogP) is 5.98. The Morgan fingerprint density at radius 2 is 1.35 bits per heavy atom. The molecule has 0 rings (SSSR count). The zero-order valence-corrected chi connectivity index (χ0v) is 15.6. The third-order valence-electron chi connectivity index (χ3n) is 2.13. The Kier molecular flexibility index (Phi) is 13.6. The molecule has 1 heteroatoms. The van der Waals surface area contributed by atoms with Gasteiger partial charge in [0.2, 0.25) is 0 Å². The van der Waals surface area contributed by atoms with Gasteiger partial charge in [-0.15, -0.1) is 23.8 Å². The van der Waals surface area contributed by atoms with Crippen molar-refractivity contribution < 1.29 is 0 Å². The lowest BCUT2D eigenvalue weighted by Crippen LogP contribution is -2.16. The molecule has 0 saturated heterocycles. The molecule has 0 aromatic heterocycles. The van der Waals surface area contributed by atoms with Crippen LogP contribution in [0.5, 0.6) is 0 Å². The van der Waals surface area contributed by atoms with E-state index in [1.54, 1.807) is 0 Å². The molecule has 20 heavy (non-hydrogen) atoms. The second-order valence-corrected chi connectivity index (χ2v) is 11.1. The lowest BCUT2D eigenvalue weighted by molar-refractivity contribution is 1.06. The fourth-order valence-corrected chi connectivity index (χ4v) is 1.86. The Hall–Kier alpha value is -1.18. The molecule has 0 saturated carbocycles. The predicted molar refractivity (Wildman–Crippen MR) is 97.3 cm³/mol. The molecule has 0 nitrogen and oxygen atoms in total. The monoisotopic (exact) mass is 288 g/mol. The summed E-state index contributed by atoms with van der Waals surface area (Å²) in [5.74, 6) is 5.83. The van der Waals surface area contributed by atoms with Crippen LogP contribution in [0.15, 0.2) is 23.3 Å². The molecule has 0 spiro atoms. The van der Waals surface area contributed by atoms with Crippen LogP contribution in [0.1, 0.15) is 53.4 Å². The normalized spacial score (nSPS) is 9.10. The third-order valence-corrected chi connectivity index (χ3v) is 3.05. The number of allylic oxidation sites excluding steroid dienone is 4. The van der Waals surface area contributed by atoms with Gasteiger partial charge in [0, 0.05) is 12.8 Å². The molecule has 0 heterocycles. The van der Waals surface area contributed by atoms with Gasteiger partial charge in [0.15, 0.2) is 0 Å². The molecule has 0 atom stereocenters. The molecule has 0 radical (unpaired) electrons. The topological polar surface area (TPSA) is 0 Å². The minimum absolute atomic E-state index is 0.866. The van der Waals surface area contributed by atoms with Crippen molar-refractivity contribution in [2.24, 2.45) is 0 Å². The second-order valence-electron chi connectivity index (χ2n) is 6.40. The first-order valence-electron chi connectivity index (χ1n) is 7.39. The largest absolute Gasteiger partial charge is 0.132 e. The highest BCUT2D eigenvalue weighted by molar-refractivity contribution is 6.83. The summed E-state index contributed by atoms with van der Waals surface area (Å²) in [5.41, 5.74) is 6.10. The highest BCUT2D eigenvalue weighted by Gasteiger charge is 2.06. The first kappa shape index (κ1) is 21.1. The van der Waals surface area contributed by atoms with E-state index in [2.05, 4.69) is 76.9 Å². The van der Waals surface area contributed by atoms with Crippen LogP contribution in [0.25, 0.3) is 0 Å². The summed E-state index contributed by atoms with van der Waals surface area (Å²) in [6, 6.07) is 0. The maximum Gasteiger partial charge on any atom is 0.129 e. The summed E-state index contributed by atoms with van der Waals surface area (Å²) >= 11 is 0. The lowest BCUT2D eigenvalue weighted by Gasteiger charge is -2.02. The first-order chi connectivity index (χ1) is 9.19. The van der Waals surface area contributed by atoms with Crippen molar-refractivity contribution in [1.82, 2.24) is 0 Å². The van der Waals surface area contributed by atoms with Gasteiger partial charge >= 0.3 is 0 Å². The molecule has 0 aliphatic rings. The van der Waals surface area contributed by atoms with Crippen molar-refractivity contribution in [2.75, 3.05) is 0 Å². The lowest BCUT2D eigenvalue weighted by atomic mass is 10.2. The molecule has 0 amide bonds. The van der Waals surface area contributed by atoms with Gasteiger partial charge in [-0.2, -0.15) is 0 Å². The van der Waals surface area contributed by atoms with Crippen molar-refractivity contribution in [3.63, 3.8) is 0 Å². The quantitative estimate of drug-likeness (QED) is 0.258. The number of terminal acetylenes is 1. The Balaban J connectivity index is 0. The number of unbranched alkanes of at least 4 members (excludes halogenated alkanes) is 2. The molecule has 112 valence electrons. The molecule has 0 bridgehead atoms. The average Bonchev–Trinajstić information content (AvgIpc) is 2.27. The standard InChI is InChI=1S/C11H20Si.C8H12/c1-11(2)9-7-6-8-10-12(3,4)5;1-4-5-6-7-8(2)3/h9H,6-7H2,1-5H3;1,7H,5-6H2,2-3H3. The second kappa shape index (κ2) is 12.8. The third kappa shape index (κ3) is 25.6. The SMILES string of the molecule is C#CCCC=C(C)C.CC(C)=CCCC#C[Si](C)(C)C. The van der Waals surface area contributed by atoms with Gasteiger partial charge < -0.3 is 0 Å². The van der Waals surface area contributed by atoms with E-state index >= 15 is 0 Å². The number of rotatable bonds is 4. The van der Waals surface area contributed by atoms with Crippen molar-refractivity contribution in [3.05, 3.63) is 23.3 Å². The van der Waals surface area contributed by atoms with Crippen molar-refractivity contribution in [1.29, 1.82) is 0 Å². The van der Waals surface area contributed by atoms with Crippen LogP contribution in [0, 0.1) is 23.8 Å². The summed E-state index contributed by atoms with van der Waals surface area (Å²) < 4.78 is 0. The summed E-state index contributed by atoms with van der Waals surface area (Å²) in [5, 5.41) is 0. The molecule has 0 aliphatic heterocycles. The van der Waals surface area contributed by atoms with Crippen molar-refractivity contribution in [2.45, 2.75) is 73.0 Å². The molecule has 0 fully saturated rings. The van der Waals surface area contributed by atoms with Crippen molar-refractivity contribution >= 4 is 8.07 Å². The van der Waals surface area contributed by atoms with Crippen LogP contribution in [0.4, 0.5) is 0 Å². The fraction of sp³-hybridized carbons (Fsp3) is 0.579. The molecule has 0 aromatic carbocycles. The van der Waals surface area contributed by atoms with E-state index in [1.807, 2.05) is 0 Å². The average molecular weight is 289 g/mol. The Labute approximate surface area is 128 Å². The van der Waals surface area contributed by atoms with E-state index in [0.717, 1.165) is 25.7 Å². The van der Waals surface area contributed by atoms with Gasteiger partial charge in [0.05, 0.1) is 0 Å². The van der Waals surface area contributed by atoms with Gasteiger partial charge in [-0.25, -0.2) is 0 Å². The Morgan fingerprint density at radius 1 is 0.900 bits per heavy atom. The van der Waals surface area contributed by atoms with E-state index in [0.29, 0.717) is 0 Å². The van der Waals surface area contributed by atoms with Crippen LogP contribution in [0.2, 0.25) is 19.6 Å². The van der Waals surface area contributed by atoms with Crippen LogP contribution in [-0.4, -0.2) is 8.07 Å². The Morgan fingerprint density at radius 3 is 1.70 bits per heavy atom. The Bertz CT molecular complexity index is 392. The minimum Gasteiger partial charge on any atom is -0.132 e. The van der Waals surface area contributed by atoms with Crippen LogP contribution < -0.4 is 0 Å². The van der Waals surface area contributed by atoms with Gasteiger partial charge in [-0.1, -0.05) is 42.9 Å². The minimum atomic E-state index is -1.12. The smallest absolute Gasteiger partial charge is 0.129 e. The van der Waals surface area contributed by atoms with Crippen molar-refractivity contribution in [3.8, 4) is 23.8 Å². The van der Waals surface area contributed by atoms with Crippen LogP contribution >= 0.6 is 0 Å². The van der Waals surface area contributed by atoms with Crippen LogP contribution in [-0.2, 0) is 0 Å². The fourth-order valence-electron chi connectivity index (χ4n) is 1.20. The molecule has 0 aliphatic carbocycles. The highest BCUT2D eigenvalue weighted by Crippen LogP contribution is 1.99. The van der Waals surface area contributed by atoms with Gasteiger partial charge in [0.25, 0.3) is 0 Å². The maximum absolute atomic E-state index is 5.04. The molecule has 0 N–H and O–H groups in total. The van der Waals surface area contributed by atoms with Gasteiger partial charge in [0.1, 0.15) is 8.07 Å². The van der Waals surface area contributed by atoms with E-state index in [-0.39, 0.29) is 0 Å². The van der Waals surface area contributed by atoms with E-state index in [4.69, 9.17) is 6.42 Å². The maximum atomic E-state index is 5.04. The van der Waals surface area contributed by atoms with Gasteiger partial charge in [-0.05, 0) is 40.5 Å². The summed E-state index contributed by atoms with van der Waals surface area (Å²) in [4.78, 5) is 0. The number of hydrogen-bond acceptors (Lipinski definition) is 0. The van der Waals surface area contributed by atoms with E-state index in [9.17, 15) is 0 Å². The summed E-state index contributed by atoms with van der Waals surface area (Å²) in [7, 11) is -1.12. The zero-order chi connectivity index (χ0) is 16.0. The molecule has 0 unspecified atom stereocenters. The zero-order valence-electron chi connectivity index (χ0n) is 14.6. The number of hydrogen-bond donors (Lipinski definition) is 0.